The van der Waals surface area contributed by atoms with E-state index in [1.165, 1.54) is 0 Å². The van der Waals surface area contributed by atoms with Crippen LogP contribution in [0.2, 0.25) is 0 Å². The Morgan fingerprint density at radius 1 is 1.33 bits per heavy atom. The van der Waals surface area contributed by atoms with E-state index in [1.807, 2.05) is 31.5 Å². The highest BCUT2D eigenvalue weighted by atomic mass is 16.1. The second kappa shape index (κ2) is 4.00. The summed E-state index contributed by atoms with van der Waals surface area (Å²) in [7, 11) is 0. The number of aromatic nitrogens is 3. The molecule has 5 nitrogen and oxygen atoms in total. The predicted molar refractivity (Wildman–Crippen MR) is 57.6 cm³/mol. The number of hydrogen-bond acceptors (Lipinski definition) is 3. The lowest BCUT2D eigenvalue weighted by molar-refractivity contribution is 0.715. The Balaban J connectivity index is 2.33. The number of rotatable bonds is 3. The van der Waals surface area contributed by atoms with Crippen molar-refractivity contribution in [1.29, 1.82) is 0 Å². The monoisotopic (exact) mass is 204 g/mol. The Morgan fingerprint density at radius 3 is 2.73 bits per heavy atom. The highest BCUT2D eigenvalue weighted by molar-refractivity contribution is 5.30. The van der Waals surface area contributed by atoms with E-state index in [-0.39, 0.29) is 5.56 Å². The van der Waals surface area contributed by atoms with Gasteiger partial charge in [0.05, 0.1) is 0 Å². The molecule has 0 unspecified atom stereocenters. The molecule has 2 heterocycles. The van der Waals surface area contributed by atoms with Crippen LogP contribution in [-0.2, 0) is 6.54 Å². The molecule has 2 aromatic rings. The lowest BCUT2D eigenvalue weighted by Gasteiger charge is -2.07. The maximum atomic E-state index is 11.8. The molecule has 0 fully saturated rings. The molecule has 78 valence electrons. The minimum atomic E-state index is -0.117. The lowest BCUT2D eigenvalue weighted by Crippen LogP contribution is -2.25. The Labute approximate surface area is 87.0 Å². The van der Waals surface area contributed by atoms with Crippen LogP contribution in [0.3, 0.4) is 0 Å². The average molecular weight is 204 g/mol. The second-order valence-corrected chi connectivity index (χ2v) is 3.07. The van der Waals surface area contributed by atoms with E-state index in [9.17, 15) is 4.79 Å². The zero-order valence-electron chi connectivity index (χ0n) is 8.42. The third-order valence-electron chi connectivity index (χ3n) is 2.09. The minimum absolute atomic E-state index is 0.117. The van der Waals surface area contributed by atoms with E-state index >= 15 is 0 Å². The van der Waals surface area contributed by atoms with Crippen LogP contribution in [0.25, 0.3) is 0 Å². The number of nitrogens with zero attached hydrogens (tertiary/aromatic N) is 3. The average Bonchev–Trinajstić information content (AvgIpc) is 2.74. The van der Waals surface area contributed by atoms with Gasteiger partial charge in [0, 0.05) is 31.3 Å². The molecular formula is C10H12N4O. The smallest absolute Gasteiger partial charge is 0.295 e. The van der Waals surface area contributed by atoms with Gasteiger partial charge in [-0.05, 0) is 19.1 Å². The van der Waals surface area contributed by atoms with Crippen molar-refractivity contribution in [3.63, 3.8) is 0 Å². The zero-order valence-corrected chi connectivity index (χ0v) is 8.42. The second-order valence-electron chi connectivity index (χ2n) is 3.07. The molecule has 5 heteroatoms. The summed E-state index contributed by atoms with van der Waals surface area (Å²) in [6, 6.07) is 3.74. The van der Waals surface area contributed by atoms with Gasteiger partial charge in [-0.2, -0.15) is 0 Å². The van der Waals surface area contributed by atoms with Crippen molar-refractivity contribution >= 4 is 5.82 Å². The summed E-state index contributed by atoms with van der Waals surface area (Å²) in [5.74, 6) is 0.329. The first-order chi connectivity index (χ1) is 7.31. The largest absolute Gasteiger partial charge is 0.311 e. The molecule has 0 spiro atoms. The van der Waals surface area contributed by atoms with Gasteiger partial charge in [0.15, 0.2) is 0 Å². The third kappa shape index (κ3) is 1.90. The molecule has 0 aliphatic rings. The van der Waals surface area contributed by atoms with E-state index in [2.05, 4.69) is 10.4 Å². The van der Waals surface area contributed by atoms with Crippen molar-refractivity contribution in [1.82, 2.24) is 14.2 Å². The molecule has 15 heavy (non-hydrogen) atoms. The minimum Gasteiger partial charge on any atom is -0.311 e. The van der Waals surface area contributed by atoms with Crippen molar-refractivity contribution < 1.29 is 0 Å². The molecule has 0 amide bonds. The molecule has 0 atom stereocenters. The van der Waals surface area contributed by atoms with Crippen LogP contribution in [-0.4, -0.2) is 14.2 Å². The van der Waals surface area contributed by atoms with Crippen LogP contribution in [0.5, 0.6) is 0 Å². The standard InChI is InChI=1S/C10H12N4O/c1-2-13-8-5-11-9(10(13)15)12-14-6-3-4-7-14/h3-8H,2H2,1H3,(H,11,12). The van der Waals surface area contributed by atoms with Crippen molar-refractivity contribution in [2.45, 2.75) is 13.5 Å². The summed E-state index contributed by atoms with van der Waals surface area (Å²) >= 11 is 0. The topological polar surface area (TPSA) is 51.9 Å². The van der Waals surface area contributed by atoms with Gasteiger partial charge >= 0.3 is 0 Å². The lowest BCUT2D eigenvalue weighted by atomic mass is 10.6. The van der Waals surface area contributed by atoms with Gasteiger partial charge in [0.25, 0.3) is 5.56 Å². The summed E-state index contributed by atoms with van der Waals surface area (Å²) in [6.45, 7) is 2.56. The Kier molecular flexibility index (Phi) is 2.53. The number of hydrogen-bond donors (Lipinski definition) is 1. The molecule has 0 aliphatic carbocycles. The Morgan fingerprint density at radius 2 is 2.07 bits per heavy atom. The molecule has 0 bridgehead atoms. The van der Waals surface area contributed by atoms with E-state index in [4.69, 9.17) is 0 Å². The van der Waals surface area contributed by atoms with Crippen LogP contribution >= 0.6 is 0 Å². The Bertz CT molecular complexity index is 486. The quantitative estimate of drug-likeness (QED) is 0.809. The molecule has 2 aromatic heterocycles. The van der Waals surface area contributed by atoms with Gasteiger partial charge in [-0.1, -0.05) is 0 Å². The van der Waals surface area contributed by atoms with Gasteiger partial charge in [-0.25, -0.2) is 4.98 Å². The van der Waals surface area contributed by atoms with E-state index in [0.29, 0.717) is 12.4 Å². The molecule has 0 radical (unpaired) electrons. The molecule has 0 aliphatic heterocycles. The first kappa shape index (κ1) is 9.51. The van der Waals surface area contributed by atoms with Crippen molar-refractivity contribution in [3.05, 3.63) is 47.3 Å². The van der Waals surface area contributed by atoms with Gasteiger partial charge < -0.3 is 4.57 Å². The summed E-state index contributed by atoms with van der Waals surface area (Å²) in [4.78, 5) is 15.7. The third-order valence-corrected chi connectivity index (χ3v) is 2.09. The fourth-order valence-corrected chi connectivity index (χ4v) is 1.30. The van der Waals surface area contributed by atoms with Crippen molar-refractivity contribution in [2.75, 3.05) is 5.43 Å². The van der Waals surface area contributed by atoms with Crippen LogP contribution in [0.1, 0.15) is 6.92 Å². The first-order valence-electron chi connectivity index (χ1n) is 4.76. The SMILES string of the molecule is CCn1ccnc(Nn2cccc2)c1=O. The first-order valence-corrected chi connectivity index (χ1v) is 4.76. The van der Waals surface area contributed by atoms with E-state index < -0.39 is 0 Å². The molecule has 1 N–H and O–H groups in total. The fourth-order valence-electron chi connectivity index (χ4n) is 1.30. The zero-order chi connectivity index (χ0) is 10.7. The predicted octanol–water partition coefficient (Wildman–Crippen LogP) is 0.940. The summed E-state index contributed by atoms with van der Waals surface area (Å²) in [5, 5.41) is 0. The van der Waals surface area contributed by atoms with Crippen LogP contribution in [0.4, 0.5) is 5.82 Å². The molecule has 0 aromatic carbocycles. The number of nitrogens with one attached hydrogen (secondary N) is 1. The van der Waals surface area contributed by atoms with Crippen LogP contribution < -0.4 is 11.0 Å². The number of aryl methyl sites for hydroxylation is 1. The molecular weight excluding hydrogens is 192 g/mol. The van der Waals surface area contributed by atoms with Crippen LogP contribution in [0.15, 0.2) is 41.7 Å². The summed E-state index contributed by atoms with van der Waals surface area (Å²) in [6.07, 6.45) is 6.90. The highest BCUT2D eigenvalue weighted by Crippen LogP contribution is 1.95. The maximum Gasteiger partial charge on any atom is 0.295 e. The Hall–Kier alpha value is -2.04. The van der Waals surface area contributed by atoms with Gasteiger partial charge in [-0.15, -0.1) is 0 Å². The molecule has 2 rings (SSSR count). The van der Waals surface area contributed by atoms with Crippen molar-refractivity contribution in [2.24, 2.45) is 0 Å². The van der Waals surface area contributed by atoms with Gasteiger partial charge in [0.1, 0.15) is 0 Å². The van der Waals surface area contributed by atoms with Gasteiger partial charge in [0.2, 0.25) is 5.82 Å². The molecule has 0 saturated carbocycles. The summed E-state index contributed by atoms with van der Waals surface area (Å²) < 4.78 is 3.28. The van der Waals surface area contributed by atoms with Gasteiger partial charge in [-0.3, -0.25) is 14.9 Å². The number of anilines is 1. The summed E-state index contributed by atoms with van der Waals surface area (Å²) in [5.41, 5.74) is 2.78. The van der Waals surface area contributed by atoms with Crippen LogP contribution in [0, 0.1) is 0 Å². The molecule has 0 saturated heterocycles. The highest BCUT2D eigenvalue weighted by Gasteiger charge is 2.02. The maximum absolute atomic E-state index is 11.8. The van der Waals surface area contributed by atoms with E-state index in [0.717, 1.165) is 0 Å². The van der Waals surface area contributed by atoms with E-state index in [1.54, 1.807) is 21.6 Å². The fraction of sp³-hybridized carbons (Fsp3) is 0.200. The van der Waals surface area contributed by atoms with Crippen molar-refractivity contribution in [3.8, 4) is 0 Å². The normalized spacial score (nSPS) is 10.2.